The molecule has 0 aliphatic rings. The van der Waals surface area contributed by atoms with Crippen LogP contribution in [0.15, 0.2) is 23.8 Å². The SMILES string of the molecule is C.C=C(C)C=O.CC(=O)C=C(C)C. The van der Waals surface area contributed by atoms with Gasteiger partial charge < -0.3 is 0 Å². The summed E-state index contributed by atoms with van der Waals surface area (Å²) in [7, 11) is 0. The highest BCUT2D eigenvalue weighted by Gasteiger charge is 1.80. The largest absolute Gasteiger partial charge is 0.298 e. The number of aldehydes is 1. The maximum absolute atomic E-state index is 10.2. The van der Waals surface area contributed by atoms with E-state index in [0.29, 0.717) is 5.57 Å². The average molecular weight is 184 g/mol. The Morgan fingerprint density at radius 2 is 1.46 bits per heavy atom. The molecule has 0 N–H and O–H groups in total. The predicted octanol–water partition coefficient (Wildman–Crippen LogP) is 2.94. The van der Waals surface area contributed by atoms with Gasteiger partial charge in [0.15, 0.2) is 5.78 Å². The molecule has 0 atom stereocenters. The van der Waals surface area contributed by atoms with Crippen LogP contribution in [0.3, 0.4) is 0 Å². The van der Waals surface area contributed by atoms with Crippen LogP contribution in [0.2, 0.25) is 0 Å². The van der Waals surface area contributed by atoms with Crippen molar-refractivity contribution in [3.05, 3.63) is 23.8 Å². The van der Waals surface area contributed by atoms with Crippen LogP contribution >= 0.6 is 0 Å². The molecule has 0 saturated heterocycles. The van der Waals surface area contributed by atoms with Gasteiger partial charge in [0.2, 0.25) is 0 Å². The third-order valence-electron chi connectivity index (χ3n) is 0.693. The molecule has 0 aromatic carbocycles. The van der Waals surface area contributed by atoms with Gasteiger partial charge in [-0.25, -0.2) is 0 Å². The molecule has 76 valence electrons. The Bertz CT molecular complexity index is 196. The molecule has 2 nitrogen and oxygen atoms in total. The second-order valence-electron chi connectivity index (χ2n) is 2.80. The van der Waals surface area contributed by atoms with Crippen LogP contribution in [-0.2, 0) is 9.59 Å². The zero-order valence-electron chi connectivity index (χ0n) is 8.18. The first-order chi connectivity index (χ1) is 5.40. The fourth-order valence-electron chi connectivity index (χ4n) is 0.407. The normalized spacial score (nSPS) is 6.77. The number of hydrogen-bond acceptors (Lipinski definition) is 2. The Balaban J connectivity index is -0.000000150. The molecule has 0 fully saturated rings. The standard InChI is InChI=1S/C6H10O.C4H6O.CH4/c1-5(2)4-6(3)7;1-4(2)3-5;/h4H,1-3H3;3H,1H2,2H3;1H4. The molecular formula is C11H20O2. The van der Waals surface area contributed by atoms with Crippen molar-refractivity contribution in [2.75, 3.05) is 0 Å². The molecule has 0 aliphatic heterocycles. The van der Waals surface area contributed by atoms with Gasteiger partial charge in [-0.3, -0.25) is 9.59 Å². The van der Waals surface area contributed by atoms with Crippen LogP contribution in [0, 0.1) is 0 Å². The molecule has 0 aromatic heterocycles. The highest BCUT2D eigenvalue weighted by Crippen LogP contribution is 1.86. The summed E-state index contributed by atoms with van der Waals surface area (Å²) >= 11 is 0. The van der Waals surface area contributed by atoms with E-state index in [9.17, 15) is 9.59 Å². The molecule has 0 bridgehead atoms. The number of carbonyl (C=O) groups is 2. The Hall–Kier alpha value is -1.18. The third kappa shape index (κ3) is 36.2. The number of ketones is 1. The molecule has 0 saturated carbocycles. The van der Waals surface area contributed by atoms with Crippen LogP contribution in [0.4, 0.5) is 0 Å². The molecule has 0 radical (unpaired) electrons. The Morgan fingerprint density at radius 1 is 1.15 bits per heavy atom. The van der Waals surface area contributed by atoms with E-state index in [-0.39, 0.29) is 13.2 Å². The molecule has 0 aliphatic carbocycles. The van der Waals surface area contributed by atoms with Crippen LogP contribution in [-0.4, -0.2) is 12.1 Å². The second kappa shape index (κ2) is 10.8. The molecule has 0 rings (SSSR count). The summed E-state index contributed by atoms with van der Waals surface area (Å²) in [5, 5.41) is 0. The van der Waals surface area contributed by atoms with Gasteiger partial charge in [-0.05, 0) is 39.3 Å². The van der Waals surface area contributed by atoms with Gasteiger partial charge in [0.05, 0.1) is 0 Å². The lowest BCUT2D eigenvalue weighted by atomic mass is 10.3. The minimum absolute atomic E-state index is 0. The fourth-order valence-corrected chi connectivity index (χ4v) is 0.407. The first-order valence-corrected chi connectivity index (χ1v) is 3.66. The zero-order chi connectivity index (χ0) is 10.1. The first kappa shape index (κ1) is 17.8. The summed E-state index contributed by atoms with van der Waals surface area (Å²) in [5.74, 6) is 0.125. The maximum atomic E-state index is 10.2. The van der Waals surface area contributed by atoms with Crippen molar-refractivity contribution in [1.82, 2.24) is 0 Å². The summed E-state index contributed by atoms with van der Waals surface area (Å²) in [6, 6.07) is 0. The Morgan fingerprint density at radius 3 is 1.46 bits per heavy atom. The van der Waals surface area contributed by atoms with E-state index < -0.39 is 0 Å². The minimum atomic E-state index is 0. The summed E-state index contributed by atoms with van der Waals surface area (Å²) < 4.78 is 0. The van der Waals surface area contributed by atoms with Gasteiger partial charge in [0.1, 0.15) is 6.29 Å². The van der Waals surface area contributed by atoms with Crippen LogP contribution < -0.4 is 0 Å². The molecule has 0 unspecified atom stereocenters. The van der Waals surface area contributed by atoms with E-state index in [2.05, 4.69) is 6.58 Å². The molecule has 2 heteroatoms. The summed E-state index contributed by atoms with van der Waals surface area (Å²) in [6.45, 7) is 10.3. The Kier molecular flexibility index (Phi) is 14.8. The summed E-state index contributed by atoms with van der Waals surface area (Å²) in [6.07, 6.45) is 2.33. The number of allylic oxidation sites excluding steroid dienone is 3. The van der Waals surface area contributed by atoms with Crippen molar-refractivity contribution >= 4 is 12.1 Å². The maximum Gasteiger partial charge on any atom is 0.152 e. The van der Waals surface area contributed by atoms with Gasteiger partial charge in [-0.1, -0.05) is 19.6 Å². The lowest BCUT2D eigenvalue weighted by molar-refractivity contribution is -0.112. The fraction of sp³-hybridized carbons (Fsp3) is 0.455. The van der Waals surface area contributed by atoms with Crippen LogP contribution in [0.1, 0.15) is 35.1 Å². The quantitative estimate of drug-likeness (QED) is 0.488. The Labute approximate surface area is 81.3 Å². The van der Waals surface area contributed by atoms with Gasteiger partial charge in [-0.2, -0.15) is 0 Å². The molecule has 13 heavy (non-hydrogen) atoms. The predicted molar refractivity (Wildman–Crippen MR) is 57.7 cm³/mol. The number of rotatable bonds is 2. The van der Waals surface area contributed by atoms with Crippen LogP contribution in [0.25, 0.3) is 0 Å². The monoisotopic (exact) mass is 184 g/mol. The van der Waals surface area contributed by atoms with Crippen molar-refractivity contribution < 1.29 is 9.59 Å². The minimum Gasteiger partial charge on any atom is -0.298 e. The molecule has 0 aromatic rings. The molecule has 0 heterocycles. The molecular weight excluding hydrogens is 164 g/mol. The van der Waals surface area contributed by atoms with E-state index in [1.165, 1.54) is 0 Å². The van der Waals surface area contributed by atoms with E-state index in [0.717, 1.165) is 11.9 Å². The van der Waals surface area contributed by atoms with Gasteiger partial charge >= 0.3 is 0 Å². The van der Waals surface area contributed by atoms with E-state index >= 15 is 0 Å². The first-order valence-electron chi connectivity index (χ1n) is 3.66. The smallest absolute Gasteiger partial charge is 0.152 e. The lowest BCUT2D eigenvalue weighted by Crippen LogP contribution is -1.80. The van der Waals surface area contributed by atoms with E-state index in [4.69, 9.17) is 0 Å². The highest BCUT2D eigenvalue weighted by molar-refractivity contribution is 5.87. The van der Waals surface area contributed by atoms with Crippen molar-refractivity contribution in [3.8, 4) is 0 Å². The van der Waals surface area contributed by atoms with Crippen molar-refractivity contribution in [1.29, 1.82) is 0 Å². The van der Waals surface area contributed by atoms with Gasteiger partial charge in [0.25, 0.3) is 0 Å². The topological polar surface area (TPSA) is 34.1 Å². The molecule has 0 spiro atoms. The molecule has 0 amide bonds. The van der Waals surface area contributed by atoms with Crippen molar-refractivity contribution in [2.45, 2.75) is 35.1 Å². The van der Waals surface area contributed by atoms with Crippen LogP contribution in [0.5, 0.6) is 0 Å². The van der Waals surface area contributed by atoms with Gasteiger partial charge in [0, 0.05) is 0 Å². The van der Waals surface area contributed by atoms with E-state index in [1.54, 1.807) is 19.9 Å². The third-order valence-corrected chi connectivity index (χ3v) is 0.693. The van der Waals surface area contributed by atoms with Crippen molar-refractivity contribution in [3.63, 3.8) is 0 Å². The number of carbonyl (C=O) groups excluding carboxylic acids is 2. The second-order valence-corrected chi connectivity index (χ2v) is 2.80. The number of hydrogen-bond donors (Lipinski definition) is 0. The van der Waals surface area contributed by atoms with Gasteiger partial charge in [-0.15, -0.1) is 0 Å². The summed E-state index contributed by atoms with van der Waals surface area (Å²) in [5.41, 5.74) is 1.64. The van der Waals surface area contributed by atoms with E-state index in [1.807, 2.05) is 13.8 Å². The highest BCUT2D eigenvalue weighted by atomic mass is 16.1. The van der Waals surface area contributed by atoms with Crippen molar-refractivity contribution in [2.24, 2.45) is 0 Å². The zero-order valence-corrected chi connectivity index (χ0v) is 8.18. The summed E-state index contributed by atoms with van der Waals surface area (Å²) in [4.78, 5) is 19.6. The lowest BCUT2D eigenvalue weighted by Gasteiger charge is -1.80. The average Bonchev–Trinajstić information content (AvgIpc) is 1.85.